The molecule has 46 heavy (non-hydrogen) atoms. The van der Waals surface area contributed by atoms with E-state index in [0.717, 1.165) is 43.7 Å². The number of nitrogens with zero attached hydrogens (tertiary/aromatic N) is 7. The van der Waals surface area contributed by atoms with Gasteiger partial charge in [-0.05, 0) is 55.3 Å². The first-order valence-electron chi connectivity index (χ1n) is 15.8. The van der Waals surface area contributed by atoms with E-state index in [9.17, 15) is 9.59 Å². The average Bonchev–Trinajstić information content (AvgIpc) is 3.43. The third-order valence-electron chi connectivity index (χ3n) is 9.43. The zero-order chi connectivity index (χ0) is 32.0. The average molecular weight is 625 g/mol. The number of fused-ring (bicyclic) bond motifs is 1. The summed E-state index contributed by atoms with van der Waals surface area (Å²) in [4.78, 5) is 41.3. The normalized spacial score (nSPS) is 21.7. The van der Waals surface area contributed by atoms with E-state index in [1.807, 2.05) is 62.6 Å². The number of piperazine rings is 1. The van der Waals surface area contributed by atoms with Crippen LogP contribution in [0, 0.1) is 0 Å². The fourth-order valence-corrected chi connectivity index (χ4v) is 6.48. The summed E-state index contributed by atoms with van der Waals surface area (Å²) in [6.07, 6.45) is 3.29. The van der Waals surface area contributed by atoms with Crippen molar-refractivity contribution in [2.45, 2.75) is 37.3 Å². The number of nitrogen functional groups attached to an aromatic ring is 1. The lowest BCUT2D eigenvalue weighted by molar-refractivity contribution is -0.139. The van der Waals surface area contributed by atoms with Crippen molar-refractivity contribution >= 4 is 40.7 Å². The fraction of sp³-hybridized carbons (Fsp3) is 0.424. The van der Waals surface area contributed by atoms with Crippen molar-refractivity contribution in [3.63, 3.8) is 0 Å². The number of nitrogens with two attached hydrogens (primary N) is 1. The lowest BCUT2D eigenvalue weighted by Gasteiger charge is -2.38. The standard InChI is InChI=1S/C33H40N10O3/c1-33(19-46-20-33)23-10-6-22(7-11-23)30(44)37-25-5-4-14-42(18-25)32-38-28(29-35-17-26(34)43(29)39-32)36-24-12-8-21(9-13-24)27-31(45)41(3)16-15-40(27)2/h6-13,17,25,27H,4-5,14-16,18-20,34H2,1-3H3,(H,37,44)(H,36,38,39). The van der Waals surface area contributed by atoms with Gasteiger partial charge in [0.15, 0.2) is 11.5 Å². The number of carbonyl (C=O) groups excluding carboxylic acids is 2. The van der Waals surface area contributed by atoms with E-state index in [0.29, 0.717) is 48.6 Å². The Bertz CT molecular complexity index is 1750. The molecule has 2 aromatic heterocycles. The van der Waals surface area contributed by atoms with Crippen LogP contribution < -0.4 is 21.3 Å². The van der Waals surface area contributed by atoms with E-state index < -0.39 is 0 Å². The molecule has 2 aromatic carbocycles. The van der Waals surface area contributed by atoms with Crippen molar-refractivity contribution in [2.24, 2.45) is 0 Å². The predicted octanol–water partition coefficient (Wildman–Crippen LogP) is 2.58. The summed E-state index contributed by atoms with van der Waals surface area (Å²) in [7, 11) is 3.82. The van der Waals surface area contributed by atoms with Crippen LogP contribution in [-0.2, 0) is 14.9 Å². The molecule has 0 aliphatic carbocycles. The van der Waals surface area contributed by atoms with Gasteiger partial charge in [-0.1, -0.05) is 31.2 Å². The van der Waals surface area contributed by atoms with Crippen molar-refractivity contribution in [2.75, 3.05) is 69.4 Å². The SMILES string of the molecule is CN1CCN(C)C(c2ccc(Nc3nc(N4CCCC(NC(=O)c5ccc(C6(C)COC6)cc5)C4)nn4c(N)cnc34)cc2)C1=O. The van der Waals surface area contributed by atoms with Crippen LogP contribution in [-0.4, -0.2) is 101 Å². The second-order valence-corrected chi connectivity index (χ2v) is 13.0. The molecule has 3 aliphatic heterocycles. The number of amides is 2. The highest BCUT2D eigenvalue weighted by Crippen LogP contribution is 2.32. The van der Waals surface area contributed by atoms with Gasteiger partial charge < -0.3 is 30.9 Å². The molecule has 5 heterocycles. The first kappa shape index (κ1) is 29.9. The number of nitrogens with one attached hydrogen (secondary N) is 2. The van der Waals surface area contributed by atoms with Gasteiger partial charge >= 0.3 is 0 Å². The van der Waals surface area contributed by atoms with Gasteiger partial charge in [-0.15, -0.1) is 5.10 Å². The van der Waals surface area contributed by atoms with Crippen molar-refractivity contribution in [1.29, 1.82) is 0 Å². The lowest BCUT2D eigenvalue weighted by atomic mass is 9.80. The highest BCUT2D eigenvalue weighted by atomic mass is 16.5. The molecule has 7 rings (SSSR count). The summed E-state index contributed by atoms with van der Waals surface area (Å²) in [6.45, 7) is 6.43. The van der Waals surface area contributed by atoms with Gasteiger partial charge in [0.25, 0.3) is 5.91 Å². The monoisotopic (exact) mass is 624 g/mol. The van der Waals surface area contributed by atoms with Crippen LogP contribution in [0.2, 0.25) is 0 Å². The maximum atomic E-state index is 13.2. The van der Waals surface area contributed by atoms with E-state index in [4.69, 9.17) is 20.6 Å². The number of rotatable bonds is 7. The molecule has 240 valence electrons. The summed E-state index contributed by atoms with van der Waals surface area (Å²) < 4.78 is 6.98. The van der Waals surface area contributed by atoms with Crippen molar-refractivity contribution in [3.05, 3.63) is 71.4 Å². The molecular weight excluding hydrogens is 584 g/mol. The van der Waals surface area contributed by atoms with Gasteiger partial charge in [-0.2, -0.15) is 9.50 Å². The molecule has 0 bridgehead atoms. The Morgan fingerprint density at radius 3 is 2.52 bits per heavy atom. The Labute approximate surface area is 267 Å². The molecule has 3 saturated heterocycles. The number of hydrogen-bond donors (Lipinski definition) is 3. The summed E-state index contributed by atoms with van der Waals surface area (Å²) in [5.74, 6) is 1.40. The van der Waals surface area contributed by atoms with Crippen LogP contribution in [0.1, 0.15) is 47.3 Å². The fourth-order valence-electron chi connectivity index (χ4n) is 6.48. The maximum absolute atomic E-state index is 13.2. The molecule has 2 atom stereocenters. The number of likely N-dealkylation sites (N-methyl/N-ethyl adjacent to an activating group) is 2. The van der Waals surface area contributed by atoms with Crippen molar-refractivity contribution in [3.8, 4) is 0 Å². The number of imidazole rings is 1. The van der Waals surface area contributed by atoms with E-state index in [1.165, 1.54) is 5.56 Å². The number of anilines is 4. The van der Waals surface area contributed by atoms with Crippen LogP contribution in [0.5, 0.6) is 0 Å². The van der Waals surface area contributed by atoms with Gasteiger partial charge in [0.05, 0.1) is 19.4 Å². The number of benzene rings is 2. The Balaban J connectivity index is 1.07. The number of carbonyl (C=O) groups is 2. The minimum Gasteiger partial charge on any atom is -0.382 e. The van der Waals surface area contributed by atoms with Crippen LogP contribution in [0.15, 0.2) is 54.7 Å². The quantitative estimate of drug-likeness (QED) is 0.280. The highest BCUT2D eigenvalue weighted by Gasteiger charge is 2.35. The minimum atomic E-state index is -0.310. The predicted molar refractivity (Wildman–Crippen MR) is 175 cm³/mol. The largest absolute Gasteiger partial charge is 0.382 e. The molecular formula is C33H40N10O3. The van der Waals surface area contributed by atoms with E-state index in [-0.39, 0.29) is 29.3 Å². The Kier molecular flexibility index (Phi) is 7.73. The third-order valence-corrected chi connectivity index (χ3v) is 9.43. The number of aromatic nitrogens is 4. The summed E-state index contributed by atoms with van der Waals surface area (Å²) in [6, 6.07) is 15.3. The molecule has 13 heteroatoms. The Hall–Kier alpha value is -4.75. The van der Waals surface area contributed by atoms with Gasteiger partial charge in [-0.3, -0.25) is 14.5 Å². The molecule has 13 nitrogen and oxygen atoms in total. The molecule has 0 saturated carbocycles. The van der Waals surface area contributed by atoms with E-state index >= 15 is 0 Å². The zero-order valence-electron chi connectivity index (χ0n) is 26.4. The number of hydrogen-bond acceptors (Lipinski definition) is 10. The van der Waals surface area contributed by atoms with Gasteiger partial charge in [0, 0.05) is 55.9 Å². The van der Waals surface area contributed by atoms with Crippen molar-refractivity contribution < 1.29 is 14.3 Å². The van der Waals surface area contributed by atoms with Gasteiger partial charge in [0.2, 0.25) is 11.9 Å². The Morgan fingerprint density at radius 1 is 1.04 bits per heavy atom. The number of ether oxygens (including phenoxy) is 1. The van der Waals surface area contributed by atoms with E-state index in [2.05, 4.69) is 32.3 Å². The van der Waals surface area contributed by atoms with Gasteiger partial charge in [-0.25, -0.2) is 4.98 Å². The first-order chi connectivity index (χ1) is 22.2. The first-order valence-corrected chi connectivity index (χ1v) is 15.8. The highest BCUT2D eigenvalue weighted by molar-refractivity contribution is 5.94. The smallest absolute Gasteiger partial charge is 0.251 e. The number of piperidine rings is 1. The van der Waals surface area contributed by atoms with Crippen LogP contribution in [0.25, 0.3) is 5.65 Å². The molecule has 0 radical (unpaired) electrons. The molecule has 2 unspecified atom stereocenters. The molecule has 3 aliphatic rings. The van der Waals surface area contributed by atoms with Crippen LogP contribution in [0.3, 0.4) is 0 Å². The molecule has 3 fully saturated rings. The third kappa shape index (κ3) is 5.60. The molecule has 4 N–H and O–H groups in total. The lowest BCUT2D eigenvalue weighted by Crippen LogP contribution is -2.48. The van der Waals surface area contributed by atoms with Crippen LogP contribution >= 0.6 is 0 Å². The summed E-state index contributed by atoms with van der Waals surface area (Å²) in [5, 5.41) is 11.3. The second kappa shape index (κ2) is 11.9. The van der Waals surface area contributed by atoms with E-state index in [1.54, 1.807) is 15.6 Å². The summed E-state index contributed by atoms with van der Waals surface area (Å²) in [5.41, 5.74) is 10.3. The minimum absolute atomic E-state index is 0.0273. The van der Waals surface area contributed by atoms with Crippen LogP contribution in [0.4, 0.5) is 23.3 Å². The zero-order valence-corrected chi connectivity index (χ0v) is 26.4. The Morgan fingerprint density at radius 2 is 1.80 bits per heavy atom. The van der Waals surface area contributed by atoms with Gasteiger partial charge in [0.1, 0.15) is 11.9 Å². The molecule has 4 aromatic rings. The van der Waals surface area contributed by atoms with Crippen molar-refractivity contribution in [1.82, 2.24) is 34.7 Å². The molecule has 0 spiro atoms. The second-order valence-electron chi connectivity index (χ2n) is 13.0. The molecule has 2 amide bonds. The summed E-state index contributed by atoms with van der Waals surface area (Å²) >= 11 is 0. The topological polar surface area (TPSA) is 146 Å². The maximum Gasteiger partial charge on any atom is 0.251 e.